The van der Waals surface area contributed by atoms with Crippen LogP contribution in [0.3, 0.4) is 0 Å². The number of fused-ring (bicyclic) bond motifs is 2. The lowest BCUT2D eigenvalue weighted by molar-refractivity contribution is -0.131. The Morgan fingerprint density at radius 2 is 1.78 bits per heavy atom. The summed E-state index contributed by atoms with van der Waals surface area (Å²) in [6.45, 7) is 1.68. The molecule has 2 aliphatic heterocycles. The number of hydrogen-bond acceptors (Lipinski definition) is 6. The Labute approximate surface area is 215 Å². The second-order valence-electron chi connectivity index (χ2n) is 9.57. The van der Waals surface area contributed by atoms with Gasteiger partial charge in [0.25, 0.3) is 0 Å². The average molecular weight is 499 g/mol. The van der Waals surface area contributed by atoms with Crippen LogP contribution in [0.5, 0.6) is 17.2 Å². The second-order valence-corrected chi connectivity index (χ2v) is 9.57. The van der Waals surface area contributed by atoms with E-state index in [0.29, 0.717) is 12.2 Å². The zero-order valence-corrected chi connectivity index (χ0v) is 20.9. The van der Waals surface area contributed by atoms with Crippen molar-refractivity contribution in [3.8, 4) is 17.2 Å². The van der Waals surface area contributed by atoms with Crippen molar-refractivity contribution in [3.63, 3.8) is 0 Å². The minimum atomic E-state index is 0.144. The summed E-state index contributed by atoms with van der Waals surface area (Å²) in [6, 6.07) is 18.2. The van der Waals surface area contributed by atoms with E-state index in [1.165, 1.54) is 5.56 Å². The Kier molecular flexibility index (Phi) is 6.39. The molecule has 2 aliphatic rings. The molecule has 1 fully saturated rings. The zero-order valence-electron chi connectivity index (χ0n) is 20.9. The third-order valence-corrected chi connectivity index (χ3v) is 7.29. The molecule has 37 heavy (non-hydrogen) atoms. The lowest BCUT2D eigenvalue weighted by Gasteiger charge is -2.33. The number of amides is 1. The number of nitrogens with zero attached hydrogens (tertiary/aromatic N) is 4. The molecular weight excluding hydrogens is 468 g/mol. The van der Waals surface area contributed by atoms with Crippen LogP contribution in [0.25, 0.3) is 11.2 Å². The fourth-order valence-corrected chi connectivity index (χ4v) is 5.30. The summed E-state index contributed by atoms with van der Waals surface area (Å²) in [7, 11) is 1.68. The van der Waals surface area contributed by atoms with E-state index in [1.807, 2.05) is 53.6 Å². The summed E-state index contributed by atoms with van der Waals surface area (Å²) in [5.74, 6) is 3.51. The highest BCUT2D eigenvalue weighted by Gasteiger charge is 2.27. The van der Waals surface area contributed by atoms with Gasteiger partial charge in [-0.3, -0.25) is 4.79 Å². The van der Waals surface area contributed by atoms with Crippen LogP contribution in [0, 0.1) is 0 Å². The molecule has 0 saturated carbocycles. The topological polar surface area (TPSA) is 78.7 Å². The predicted octanol–water partition coefficient (Wildman–Crippen LogP) is 4.36. The van der Waals surface area contributed by atoms with Crippen molar-refractivity contribution < 1.29 is 19.0 Å². The number of imidazole rings is 1. The number of carbonyl (C=O) groups excluding carboxylic acids is 1. The monoisotopic (exact) mass is 498 g/mol. The van der Waals surface area contributed by atoms with Crippen LogP contribution in [0.15, 0.2) is 60.8 Å². The Hall–Kier alpha value is -4.07. The highest BCUT2D eigenvalue weighted by atomic mass is 16.7. The number of rotatable bonds is 7. The number of carbonyl (C=O) groups is 1. The molecule has 1 saturated heterocycles. The van der Waals surface area contributed by atoms with E-state index in [0.717, 1.165) is 72.8 Å². The van der Waals surface area contributed by atoms with Crippen LogP contribution in [0.2, 0.25) is 0 Å². The van der Waals surface area contributed by atoms with Gasteiger partial charge in [-0.05, 0) is 66.8 Å². The van der Waals surface area contributed by atoms with Gasteiger partial charge in [-0.2, -0.15) is 0 Å². The van der Waals surface area contributed by atoms with Gasteiger partial charge in [-0.15, -0.1) is 0 Å². The van der Waals surface area contributed by atoms with Gasteiger partial charge in [-0.1, -0.05) is 18.2 Å². The van der Waals surface area contributed by atoms with Crippen molar-refractivity contribution >= 4 is 17.1 Å². The van der Waals surface area contributed by atoms with Crippen molar-refractivity contribution in [2.24, 2.45) is 0 Å². The normalized spacial score (nSPS) is 15.3. The summed E-state index contributed by atoms with van der Waals surface area (Å²) >= 11 is 0. The van der Waals surface area contributed by atoms with Crippen molar-refractivity contribution in [1.29, 1.82) is 0 Å². The van der Waals surface area contributed by atoms with Gasteiger partial charge in [0, 0.05) is 31.7 Å². The molecule has 0 aliphatic carbocycles. The molecular formula is C29H30N4O4. The first kappa shape index (κ1) is 23.3. The summed E-state index contributed by atoms with van der Waals surface area (Å²) in [5, 5.41) is 0. The molecule has 190 valence electrons. The molecule has 0 radical (unpaired) electrons. The number of ether oxygens (including phenoxy) is 3. The van der Waals surface area contributed by atoms with Crippen molar-refractivity contribution in [3.05, 3.63) is 77.7 Å². The molecule has 0 bridgehead atoms. The highest BCUT2D eigenvalue weighted by molar-refractivity contribution is 5.79. The molecule has 4 heterocycles. The minimum Gasteiger partial charge on any atom is -0.497 e. The first-order valence-electron chi connectivity index (χ1n) is 12.8. The molecule has 2 aromatic carbocycles. The summed E-state index contributed by atoms with van der Waals surface area (Å²) in [5.41, 5.74) is 4.05. The van der Waals surface area contributed by atoms with Crippen molar-refractivity contribution in [1.82, 2.24) is 19.4 Å². The molecule has 0 unspecified atom stereocenters. The van der Waals surface area contributed by atoms with Crippen LogP contribution in [-0.4, -0.2) is 52.3 Å². The molecule has 0 spiro atoms. The van der Waals surface area contributed by atoms with Crippen LogP contribution in [0.1, 0.15) is 35.8 Å². The maximum atomic E-state index is 13.1. The number of benzene rings is 2. The molecule has 0 atom stereocenters. The van der Waals surface area contributed by atoms with E-state index in [9.17, 15) is 4.79 Å². The van der Waals surface area contributed by atoms with Crippen LogP contribution >= 0.6 is 0 Å². The van der Waals surface area contributed by atoms with Gasteiger partial charge >= 0.3 is 0 Å². The Morgan fingerprint density at radius 1 is 1.00 bits per heavy atom. The molecule has 1 amide bonds. The number of aryl methyl sites for hydroxylation is 2. The number of methoxy groups -OCH3 is 1. The van der Waals surface area contributed by atoms with Crippen LogP contribution in [0.4, 0.5) is 0 Å². The Morgan fingerprint density at radius 3 is 2.59 bits per heavy atom. The van der Waals surface area contributed by atoms with Crippen LogP contribution in [-0.2, 0) is 24.1 Å². The average Bonchev–Trinajstić information content (AvgIpc) is 3.56. The third kappa shape index (κ3) is 4.83. The second kappa shape index (κ2) is 10.1. The maximum Gasteiger partial charge on any atom is 0.231 e. The molecule has 4 aromatic rings. The van der Waals surface area contributed by atoms with E-state index >= 15 is 0 Å². The molecule has 0 N–H and O–H groups in total. The van der Waals surface area contributed by atoms with Gasteiger partial charge in [0.15, 0.2) is 17.1 Å². The minimum absolute atomic E-state index is 0.144. The Balaban J connectivity index is 1.14. The molecule has 2 aromatic heterocycles. The molecule has 6 rings (SSSR count). The molecule has 8 heteroatoms. The molecule has 8 nitrogen and oxygen atoms in total. The van der Waals surface area contributed by atoms with Crippen molar-refractivity contribution in [2.45, 2.75) is 38.1 Å². The number of hydrogen-bond donors (Lipinski definition) is 0. The first-order valence-corrected chi connectivity index (χ1v) is 12.8. The number of aromatic nitrogens is 3. The first-order chi connectivity index (χ1) is 18.2. The van der Waals surface area contributed by atoms with Crippen molar-refractivity contribution in [2.75, 3.05) is 27.0 Å². The number of piperidine rings is 1. The van der Waals surface area contributed by atoms with E-state index < -0.39 is 0 Å². The Bertz CT molecular complexity index is 1410. The largest absolute Gasteiger partial charge is 0.497 e. The fraction of sp³-hybridized carbons (Fsp3) is 0.345. The summed E-state index contributed by atoms with van der Waals surface area (Å²) < 4.78 is 18.4. The smallest absolute Gasteiger partial charge is 0.231 e. The standard InChI is InChI=1S/C29H30N4O4/c1-35-23-8-4-20(5-9-23)7-11-27-31-24-3-2-14-30-29(24)33(27)22-12-15-32(16-13-22)28(34)18-21-6-10-25-26(17-21)37-19-36-25/h2-6,8-10,14,17,22H,7,11-13,15-16,18-19H2,1H3. The zero-order chi connectivity index (χ0) is 25.2. The van der Waals surface area contributed by atoms with Gasteiger partial charge in [0.1, 0.15) is 17.1 Å². The lowest BCUT2D eigenvalue weighted by Crippen LogP contribution is -2.40. The number of pyridine rings is 1. The van der Waals surface area contributed by atoms with E-state index in [4.69, 9.17) is 19.2 Å². The third-order valence-electron chi connectivity index (χ3n) is 7.29. The quantitative estimate of drug-likeness (QED) is 0.377. The lowest BCUT2D eigenvalue weighted by atomic mass is 10.0. The maximum absolute atomic E-state index is 13.1. The summed E-state index contributed by atoms with van der Waals surface area (Å²) in [6.07, 6.45) is 5.67. The summed E-state index contributed by atoms with van der Waals surface area (Å²) in [4.78, 5) is 24.7. The predicted molar refractivity (Wildman–Crippen MR) is 139 cm³/mol. The van der Waals surface area contributed by atoms with Gasteiger partial charge in [0.05, 0.1) is 13.5 Å². The van der Waals surface area contributed by atoms with E-state index in [-0.39, 0.29) is 18.7 Å². The van der Waals surface area contributed by atoms with E-state index in [2.05, 4.69) is 21.7 Å². The van der Waals surface area contributed by atoms with Gasteiger partial charge in [0.2, 0.25) is 12.7 Å². The number of likely N-dealkylation sites (tertiary alicyclic amines) is 1. The highest BCUT2D eigenvalue weighted by Crippen LogP contribution is 2.33. The SMILES string of the molecule is COc1ccc(CCc2nc3cccnc3n2C2CCN(C(=O)Cc3ccc4c(c3)OCO4)CC2)cc1. The van der Waals surface area contributed by atoms with E-state index in [1.54, 1.807) is 7.11 Å². The fourth-order valence-electron chi connectivity index (χ4n) is 5.30. The van der Waals surface area contributed by atoms with Gasteiger partial charge < -0.3 is 23.7 Å². The van der Waals surface area contributed by atoms with Gasteiger partial charge in [-0.25, -0.2) is 9.97 Å². The van der Waals surface area contributed by atoms with Crippen LogP contribution < -0.4 is 14.2 Å².